The van der Waals surface area contributed by atoms with Crippen LogP contribution in [-0.2, 0) is 50.5 Å². The summed E-state index contributed by atoms with van der Waals surface area (Å²) in [6, 6.07) is 24.2. The first-order valence-electron chi connectivity index (χ1n) is 19.6. The Morgan fingerprint density at radius 2 is 1.62 bits per heavy atom. The minimum absolute atomic E-state index is 0.0127. The number of nitrogens with zero attached hydrogens (tertiary/aromatic N) is 1. The average Bonchev–Trinajstić information content (AvgIpc) is 3.73. The zero-order valence-electron chi connectivity index (χ0n) is 31.1. The van der Waals surface area contributed by atoms with E-state index in [0.29, 0.717) is 29.3 Å². The molecule has 294 valence electrons. The lowest BCUT2D eigenvalue weighted by atomic mass is 9.62. The summed E-state index contributed by atoms with van der Waals surface area (Å²) in [5.41, 5.74) is 1.63. The van der Waals surface area contributed by atoms with E-state index < -0.39 is 71.6 Å². The highest BCUT2D eigenvalue weighted by Crippen LogP contribution is 2.59. The molecule has 3 unspecified atom stereocenters. The Kier molecular flexibility index (Phi) is 9.81. The van der Waals surface area contributed by atoms with Crippen molar-refractivity contribution in [1.29, 1.82) is 0 Å². The van der Waals surface area contributed by atoms with Gasteiger partial charge in [-0.25, -0.2) is 0 Å². The molecule has 4 heterocycles. The number of fused-ring (bicyclic) bond motifs is 5. The van der Waals surface area contributed by atoms with Crippen molar-refractivity contribution in [2.45, 2.75) is 99.8 Å². The summed E-state index contributed by atoms with van der Waals surface area (Å²) in [5, 5.41) is 26.9. The largest absolute Gasteiger partial charge is 0.458 e. The molecule has 56 heavy (non-hydrogen) atoms. The molecule has 11 atom stereocenters. The summed E-state index contributed by atoms with van der Waals surface area (Å²) in [6.07, 6.45) is 3.21. The van der Waals surface area contributed by atoms with Crippen LogP contribution in [0.3, 0.4) is 0 Å². The van der Waals surface area contributed by atoms with Gasteiger partial charge in [-0.3, -0.25) is 19.2 Å². The third-order valence-corrected chi connectivity index (χ3v) is 12.3. The van der Waals surface area contributed by atoms with Crippen LogP contribution in [0.2, 0.25) is 0 Å². The number of carbonyl (C=O) groups excluding carboxylic acids is 3. The van der Waals surface area contributed by atoms with Gasteiger partial charge in [0.05, 0.1) is 31.5 Å². The van der Waals surface area contributed by atoms with Crippen LogP contribution in [0, 0.1) is 11.3 Å². The van der Waals surface area contributed by atoms with Crippen LogP contribution in [0.4, 0.5) is 0 Å². The molecule has 13 nitrogen and oxygen atoms in total. The van der Waals surface area contributed by atoms with Crippen LogP contribution in [0.1, 0.15) is 54.9 Å². The number of amides is 2. The molecule has 2 aliphatic carbocycles. The Hall–Kier alpha value is -4.47. The molecular weight excluding hydrogens is 718 g/mol. The monoisotopic (exact) mass is 765 g/mol. The van der Waals surface area contributed by atoms with E-state index in [1.807, 2.05) is 84.9 Å². The number of aliphatic hydroxyl groups excluding tert-OH is 2. The molecule has 0 radical (unpaired) electrons. The number of rotatable bonds is 12. The molecule has 0 spiro atoms. The highest BCUT2D eigenvalue weighted by Gasteiger charge is 2.76. The number of carbonyl (C=O) groups is 3. The zero-order chi connectivity index (χ0) is 38.6. The Bertz CT molecular complexity index is 1940. The molecule has 2 saturated carbocycles. The Morgan fingerprint density at radius 1 is 0.929 bits per heavy atom. The van der Waals surface area contributed by atoms with Gasteiger partial charge in [-0.2, -0.15) is 5.06 Å². The van der Waals surface area contributed by atoms with E-state index in [4.69, 9.17) is 23.8 Å². The van der Waals surface area contributed by atoms with E-state index >= 15 is 4.79 Å². The molecular formula is C43H47N3O10. The summed E-state index contributed by atoms with van der Waals surface area (Å²) in [4.78, 5) is 49.5. The number of hydrogen-bond donors (Lipinski definition) is 4. The number of benzene rings is 3. The Balaban J connectivity index is 1.10. The molecule has 4 saturated heterocycles. The summed E-state index contributed by atoms with van der Waals surface area (Å²) < 4.78 is 26.0. The molecule has 2 bridgehead atoms. The smallest absolute Gasteiger partial charge is 0.327 e. The lowest BCUT2D eigenvalue weighted by Gasteiger charge is -2.49. The number of esters is 1. The van der Waals surface area contributed by atoms with Crippen molar-refractivity contribution in [1.82, 2.24) is 15.7 Å². The molecule has 3 aromatic rings. The number of nitrogens with one attached hydrogen (secondary N) is 2. The molecule has 3 aromatic carbocycles. The summed E-state index contributed by atoms with van der Waals surface area (Å²) >= 11 is 0. The third-order valence-electron chi connectivity index (χ3n) is 12.3. The van der Waals surface area contributed by atoms with E-state index in [-0.39, 0.29) is 26.1 Å². The Labute approximate surface area is 324 Å². The quantitative estimate of drug-likeness (QED) is 0.158. The zero-order valence-corrected chi connectivity index (χ0v) is 31.1. The molecule has 6 fully saturated rings. The highest BCUT2D eigenvalue weighted by molar-refractivity contribution is 5.96. The van der Waals surface area contributed by atoms with Gasteiger partial charge in [-0.05, 0) is 43.2 Å². The fraction of sp³-hybridized carbons (Fsp3) is 0.465. The normalized spacial score (nSPS) is 33.5. The SMILES string of the molecule is C[C@H](O)[C@@H](NC(=O)[C@@]12C[C@H]3OC(=O)[C@@H]1N(Cc1ccccc1C=CC1CCC4OC4C1)O[C@@H]2[C@H]1OC(c2ccccc2)(c2ccccc2)O[C@H]13)C(=O)NCCO. The van der Waals surface area contributed by atoms with E-state index in [1.54, 1.807) is 0 Å². The molecule has 2 amide bonds. The molecule has 13 heteroatoms. The van der Waals surface area contributed by atoms with Crippen LogP contribution in [0.25, 0.3) is 6.08 Å². The molecule has 9 rings (SSSR count). The van der Waals surface area contributed by atoms with Gasteiger partial charge in [0, 0.05) is 24.1 Å². The standard InChI is InChI=1S/C43H47N3O10/c1-25(48)34(39(49)44-20-21-47)45-41(51)42-23-33-35-36(55-43(54-35,29-12-4-2-5-13-29)30-14-6-3-7-15-30)38(42)56-46(37(42)40(50)53-33)24-28-11-9-8-10-27(28)18-16-26-17-19-31-32(22-26)52-31/h2-16,18,25-26,31-38,47-48H,17,19-24H2,1H3,(H,44,49)(H,45,51)/t25-,26?,31?,32?,33+,34+,35-,36-,37-,38+,42-/m0/s1. The fourth-order valence-corrected chi connectivity index (χ4v) is 9.52. The van der Waals surface area contributed by atoms with Gasteiger partial charge in [-0.1, -0.05) is 97.1 Å². The molecule has 6 aliphatic rings. The van der Waals surface area contributed by atoms with Crippen LogP contribution < -0.4 is 10.6 Å². The predicted octanol–water partition coefficient (Wildman–Crippen LogP) is 2.73. The van der Waals surface area contributed by atoms with Gasteiger partial charge in [-0.15, -0.1) is 0 Å². The average molecular weight is 766 g/mol. The third kappa shape index (κ3) is 6.35. The van der Waals surface area contributed by atoms with Crippen molar-refractivity contribution in [3.63, 3.8) is 0 Å². The van der Waals surface area contributed by atoms with E-state index in [1.165, 1.54) is 12.0 Å². The van der Waals surface area contributed by atoms with Gasteiger partial charge < -0.3 is 39.8 Å². The molecule has 4 N–H and O–H groups in total. The molecule has 4 aliphatic heterocycles. The van der Waals surface area contributed by atoms with Gasteiger partial charge in [0.25, 0.3) is 0 Å². The summed E-state index contributed by atoms with van der Waals surface area (Å²) in [7, 11) is 0. The number of epoxide rings is 1. The topological polar surface area (TPSA) is 168 Å². The second-order valence-electron chi connectivity index (χ2n) is 15.8. The number of hydroxylamine groups is 2. The predicted molar refractivity (Wildman–Crippen MR) is 200 cm³/mol. The Morgan fingerprint density at radius 3 is 2.32 bits per heavy atom. The minimum atomic E-state index is -1.62. The van der Waals surface area contributed by atoms with Gasteiger partial charge >= 0.3 is 5.97 Å². The number of allylic oxidation sites excluding steroid dienone is 1. The maximum Gasteiger partial charge on any atom is 0.327 e. The van der Waals surface area contributed by atoms with Gasteiger partial charge in [0.1, 0.15) is 35.9 Å². The van der Waals surface area contributed by atoms with Crippen molar-refractivity contribution < 1.29 is 48.4 Å². The van der Waals surface area contributed by atoms with Crippen molar-refractivity contribution in [3.8, 4) is 0 Å². The first kappa shape index (κ1) is 37.1. The lowest BCUT2D eigenvalue weighted by molar-refractivity contribution is -0.213. The fourth-order valence-electron chi connectivity index (χ4n) is 9.52. The minimum Gasteiger partial charge on any atom is -0.458 e. The van der Waals surface area contributed by atoms with Crippen LogP contribution in [0.15, 0.2) is 91.0 Å². The first-order chi connectivity index (χ1) is 27.2. The number of aliphatic hydroxyl groups is 2. The van der Waals surface area contributed by atoms with E-state index in [9.17, 15) is 19.8 Å². The lowest BCUT2D eigenvalue weighted by Crippen LogP contribution is -2.71. The van der Waals surface area contributed by atoms with Crippen molar-refractivity contribution in [2.75, 3.05) is 13.2 Å². The maximum absolute atomic E-state index is 15.0. The first-order valence-corrected chi connectivity index (χ1v) is 19.6. The summed E-state index contributed by atoms with van der Waals surface area (Å²) in [6.45, 7) is 1.13. The van der Waals surface area contributed by atoms with Gasteiger partial charge in [0.2, 0.25) is 17.6 Å². The number of hydrogen-bond acceptors (Lipinski definition) is 11. The maximum atomic E-state index is 15.0. The second kappa shape index (κ2) is 14.8. The van der Waals surface area contributed by atoms with Crippen molar-refractivity contribution in [3.05, 3.63) is 113 Å². The van der Waals surface area contributed by atoms with Crippen LogP contribution >= 0.6 is 0 Å². The van der Waals surface area contributed by atoms with Gasteiger partial charge in [0.15, 0.2) is 6.04 Å². The van der Waals surface area contributed by atoms with E-state index in [0.717, 1.165) is 30.4 Å². The highest BCUT2D eigenvalue weighted by atomic mass is 16.8. The van der Waals surface area contributed by atoms with Crippen LogP contribution in [0.5, 0.6) is 0 Å². The van der Waals surface area contributed by atoms with Crippen molar-refractivity contribution >= 4 is 23.9 Å². The van der Waals surface area contributed by atoms with Crippen LogP contribution in [-0.4, -0.2) is 101 Å². The second-order valence-corrected chi connectivity index (χ2v) is 15.8. The van der Waals surface area contributed by atoms with Crippen molar-refractivity contribution in [2.24, 2.45) is 11.3 Å². The number of ether oxygens (including phenoxy) is 4. The van der Waals surface area contributed by atoms with E-state index in [2.05, 4.69) is 22.8 Å². The molecule has 0 aromatic heterocycles. The summed E-state index contributed by atoms with van der Waals surface area (Å²) in [5.74, 6) is -3.03.